The van der Waals surface area contributed by atoms with Crippen molar-refractivity contribution in [2.75, 3.05) is 32.5 Å². The number of nitrogens with one attached hydrogen (secondary N) is 2. The fraction of sp³-hybridized carbons (Fsp3) is 0.222. The van der Waals surface area contributed by atoms with Gasteiger partial charge in [-0.2, -0.15) is 0 Å². The summed E-state index contributed by atoms with van der Waals surface area (Å²) in [5.41, 5.74) is 0.439. The van der Waals surface area contributed by atoms with Gasteiger partial charge >= 0.3 is 11.8 Å². The van der Waals surface area contributed by atoms with Gasteiger partial charge in [-0.1, -0.05) is 30.3 Å². The topological polar surface area (TPSA) is 70.7 Å². The van der Waals surface area contributed by atoms with Gasteiger partial charge in [0.1, 0.15) is 5.75 Å². The number of ether oxygens (including phenoxy) is 1. The number of carbonyl (C=O) groups excluding carboxylic acids is 2. The van der Waals surface area contributed by atoms with E-state index >= 15 is 0 Å². The molecule has 6 nitrogen and oxygen atoms in total. The molecule has 0 aliphatic heterocycles. The Morgan fingerprint density at radius 1 is 0.958 bits per heavy atom. The largest absolute Gasteiger partial charge is 0.455 e. The molecular weight excluding hydrogens is 306 g/mol. The van der Waals surface area contributed by atoms with Gasteiger partial charge in [-0.3, -0.25) is 9.59 Å². The molecule has 0 heterocycles. The summed E-state index contributed by atoms with van der Waals surface area (Å²) in [5.74, 6) is -0.281. The van der Waals surface area contributed by atoms with E-state index in [1.165, 1.54) is 0 Å². The van der Waals surface area contributed by atoms with Crippen molar-refractivity contribution in [2.24, 2.45) is 0 Å². The molecule has 0 aliphatic carbocycles. The predicted octanol–water partition coefficient (Wildman–Crippen LogP) is 2.10. The molecule has 0 saturated heterocycles. The number of carbonyl (C=O) groups is 2. The van der Waals surface area contributed by atoms with E-state index in [1.807, 2.05) is 49.3 Å². The van der Waals surface area contributed by atoms with Crippen molar-refractivity contribution in [1.82, 2.24) is 10.2 Å². The molecule has 0 fully saturated rings. The quantitative estimate of drug-likeness (QED) is 0.797. The summed E-state index contributed by atoms with van der Waals surface area (Å²) in [6.07, 6.45) is 0. The Bertz CT molecular complexity index is 687. The van der Waals surface area contributed by atoms with Crippen LogP contribution in [0.1, 0.15) is 0 Å². The molecule has 2 rings (SSSR count). The first-order valence-electron chi connectivity index (χ1n) is 7.62. The summed E-state index contributed by atoms with van der Waals surface area (Å²) < 4.78 is 5.75. The van der Waals surface area contributed by atoms with Crippen molar-refractivity contribution in [1.29, 1.82) is 0 Å². The molecule has 0 unspecified atom stereocenters. The Balaban J connectivity index is 1.99. The van der Waals surface area contributed by atoms with Crippen LogP contribution in [0, 0.1) is 0 Å². The second-order valence-electron chi connectivity index (χ2n) is 5.42. The molecule has 6 heteroatoms. The van der Waals surface area contributed by atoms with Gasteiger partial charge in [0.15, 0.2) is 5.75 Å². The smallest absolute Gasteiger partial charge is 0.313 e. The summed E-state index contributed by atoms with van der Waals surface area (Å²) in [6, 6.07) is 16.2. The van der Waals surface area contributed by atoms with Gasteiger partial charge in [0, 0.05) is 13.1 Å². The third-order valence-electron chi connectivity index (χ3n) is 3.16. The standard InChI is InChI=1S/C18H21N3O3/c1-21(2)13-12-19-17(22)18(23)20-15-10-6-7-11-16(15)24-14-8-4-3-5-9-14/h3-11H,12-13H2,1-2H3,(H,19,22)(H,20,23). The molecule has 2 N–H and O–H groups in total. The van der Waals surface area contributed by atoms with E-state index < -0.39 is 11.8 Å². The monoisotopic (exact) mass is 327 g/mol. The first-order valence-corrected chi connectivity index (χ1v) is 7.62. The zero-order valence-corrected chi connectivity index (χ0v) is 13.8. The van der Waals surface area contributed by atoms with Crippen molar-refractivity contribution < 1.29 is 14.3 Å². The van der Waals surface area contributed by atoms with Crippen LogP contribution in [-0.2, 0) is 9.59 Å². The highest BCUT2D eigenvalue weighted by Gasteiger charge is 2.15. The fourth-order valence-corrected chi connectivity index (χ4v) is 1.93. The zero-order chi connectivity index (χ0) is 17.4. The summed E-state index contributed by atoms with van der Waals surface area (Å²) in [7, 11) is 3.78. The van der Waals surface area contributed by atoms with Crippen LogP contribution in [0.2, 0.25) is 0 Å². The molecule has 0 saturated carbocycles. The summed E-state index contributed by atoms with van der Waals surface area (Å²) in [5, 5.41) is 5.15. The van der Waals surface area contributed by atoms with Crippen molar-refractivity contribution in [3.8, 4) is 11.5 Å². The first kappa shape index (κ1) is 17.5. The third-order valence-corrected chi connectivity index (χ3v) is 3.16. The van der Waals surface area contributed by atoms with Gasteiger partial charge in [0.25, 0.3) is 0 Å². The van der Waals surface area contributed by atoms with E-state index in [0.717, 1.165) is 0 Å². The number of anilines is 1. The van der Waals surface area contributed by atoms with Crippen LogP contribution in [0.5, 0.6) is 11.5 Å². The average molecular weight is 327 g/mol. The van der Waals surface area contributed by atoms with E-state index in [-0.39, 0.29) is 0 Å². The molecule has 2 amide bonds. The Kier molecular flexibility index (Phi) is 6.33. The van der Waals surface area contributed by atoms with E-state index in [1.54, 1.807) is 24.3 Å². The highest BCUT2D eigenvalue weighted by Crippen LogP contribution is 2.28. The molecule has 0 radical (unpaired) electrons. The highest BCUT2D eigenvalue weighted by molar-refractivity contribution is 6.39. The van der Waals surface area contributed by atoms with Crippen molar-refractivity contribution >= 4 is 17.5 Å². The molecule has 126 valence electrons. The van der Waals surface area contributed by atoms with E-state index in [9.17, 15) is 9.59 Å². The van der Waals surface area contributed by atoms with Crippen LogP contribution in [0.15, 0.2) is 54.6 Å². The summed E-state index contributed by atoms with van der Waals surface area (Å²) in [6.45, 7) is 1.06. The average Bonchev–Trinajstić information content (AvgIpc) is 2.57. The second-order valence-corrected chi connectivity index (χ2v) is 5.42. The Morgan fingerprint density at radius 3 is 2.33 bits per heavy atom. The zero-order valence-electron chi connectivity index (χ0n) is 13.8. The van der Waals surface area contributed by atoms with Gasteiger partial charge < -0.3 is 20.3 Å². The molecule has 0 atom stereocenters. The molecule has 0 aromatic heterocycles. The first-order chi connectivity index (χ1) is 11.6. The van der Waals surface area contributed by atoms with Gasteiger partial charge in [0.2, 0.25) is 0 Å². The third kappa shape index (κ3) is 5.40. The SMILES string of the molecule is CN(C)CCNC(=O)C(=O)Nc1ccccc1Oc1ccccc1. The number of para-hydroxylation sites is 3. The minimum absolute atomic E-state index is 0.404. The van der Waals surface area contributed by atoms with E-state index in [4.69, 9.17) is 4.74 Å². The van der Waals surface area contributed by atoms with Crippen LogP contribution in [-0.4, -0.2) is 43.9 Å². The molecule has 2 aromatic carbocycles. The molecule has 24 heavy (non-hydrogen) atoms. The molecule has 0 spiro atoms. The normalized spacial score (nSPS) is 10.3. The van der Waals surface area contributed by atoms with Crippen LogP contribution >= 0.6 is 0 Å². The maximum absolute atomic E-state index is 12.0. The molecule has 0 bridgehead atoms. The second kappa shape index (κ2) is 8.69. The number of nitrogens with zero attached hydrogens (tertiary/aromatic N) is 1. The van der Waals surface area contributed by atoms with Gasteiger partial charge in [0.05, 0.1) is 5.69 Å². The fourth-order valence-electron chi connectivity index (χ4n) is 1.93. The Morgan fingerprint density at radius 2 is 1.62 bits per heavy atom. The Labute approximate surface area is 141 Å². The lowest BCUT2D eigenvalue weighted by Crippen LogP contribution is -2.38. The van der Waals surface area contributed by atoms with Gasteiger partial charge in [-0.25, -0.2) is 0 Å². The number of hydrogen-bond acceptors (Lipinski definition) is 4. The van der Waals surface area contributed by atoms with Crippen LogP contribution in [0.25, 0.3) is 0 Å². The number of amides is 2. The van der Waals surface area contributed by atoms with Crippen LogP contribution in [0.4, 0.5) is 5.69 Å². The van der Waals surface area contributed by atoms with Crippen molar-refractivity contribution in [3.05, 3.63) is 54.6 Å². The van der Waals surface area contributed by atoms with Crippen LogP contribution < -0.4 is 15.4 Å². The predicted molar refractivity (Wildman–Crippen MR) is 93.2 cm³/mol. The van der Waals surface area contributed by atoms with Crippen LogP contribution in [0.3, 0.4) is 0 Å². The maximum Gasteiger partial charge on any atom is 0.313 e. The summed E-state index contributed by atoms with van der Waals surface area (Å²) >= 11 is 0. The molecular formula is C18H21N3O3. The van der Waals surface area contributed by atoms with Gasteiger partial charge in [-0.05, 0) is 38.4 Å². The lowest BCUT2D eigenvalue weighted by atomic mass is 10.2. The summed E-state index contributed by atoms with van der Waals surface area (Å²) in [4.78, 5) is 25.7. The molecule has 2 aromatic rings. The number of likely N-dealkylation sites (N-methyl/N-ethyl adjacent to an activating group) is 1. The lowest BCUT2D eigenvalue weighted by molar-refractivity contribution is -0.136. The molecule has 0 aliphatic rings. The van der Waals surface area contributed by atoms with Crippen molar-refractivity contribution in [2.45, 2.75) is 0 Å². The maximum atomic E-state index is 12.0. The van der Waals surface area contributed by atoms with E-state index in [0.29, 0.717) is 30.3 Å². The van der Waals surface area contributed by atoms with E-state index in [2.05, 4.69) is 10.6 Å². The van der Waals surface area contributed by atoms with Gasteiger partial charge in [-0.15, -0.1) is 0 Å². The minimum atomic E-state index is -0.724. The number of benzene rings is 2. The number of hydrogen-bond donors (Lipinski definition) is 2. The highest BCUT2D eigenvalue weighted by atomic mass is 16.5. The Hall–Kier alpha value is -2.86. The van der Waals surface area contributed by atoms with Crippen molar-refractivity contribution in [3.63, 3.8) is 0 Å². The number of rotatable bonds is 6. The minimum Gasteiger partial charge on any atom is -0.455 e. The lowest BCUT2D eigenvalue weighted by Gasteiger charge is -2.13.